The molecule has 0 saturated carbocycles. The standard InChI is InChI=1S/C19H20Cl2N2O3S/c1-13-3-4-14(2)18(9-13)27(25,26)23-7-5-22(6-8-23)19(24)15-10-16(20)12-17(21)11-15/h3-4,9-12H,5-8H2,1-2H3. The third-order valence-electron chi connectivity index (χ3n) is 4.60. The van der Waals surface area contributed by atoms with Gasteiger partial charge in [-0.1, -0.05) is 35.3 Å². The lowest BCUT2D eigenvalue weighted by atomic mass is 10.2. The molecule has 0 N–H and O–H groups in total. The fourth-order valence-corrected chi connectivity index (χ4v) is 5.37. The summed E-state index contributed by atoms with van der Waals surface area (Å²) in [5.74, 6) is -0.205. The highest BCUT2D eigenvalue weighted by Gasteiger charge is 2.31. The van der Waals surface area contributed by atoms with E-state index in [2.05, 4.69) is 0 Å². The number of benzene rings is 2. The van der Waals surface area contributed by atoms with Gasteiger partial charge in [-0.25, -0.2) is 8.42 Å². The van der Waals surface area contributed by atoms with Crippen molar-refractivity contribution in [1.82, 2.24) is 9.21 Å². The maximum atomic E-state index is 13.0. The van der Waals surface area contributed by atoms with Gasteiger partial charge in [0.1, 0.15) is 0 Å². The first kappa shape index (κ1) is 20.1. The van der Waals surface area contributed by atoms with E-state index in [1.54, 1.807) is 36.1 Å². The number of hydrogen-bond donors (Lipinski definition) is 0. The number of sulfonamides is 1. The van der Waals surface area contributed by atoms with E-state index in [1.807, 2.05) is 19.1 Å². The predicted octanol–water partition coefficient (Wildman–Crippen LogP) is 3.76. The Kier molecular flexibility index (Phi) is 5.82. The first-order chi connectivity index (χ1) is 12.7. The SMILES string of the molecule is Cc1ccc(C)c(S(=O)(=O)N2CCN(C(=O)c3cc(Cl)cc(Cl)c3)CC2)c1. The molecule has 5 nitrogen and oxygen atoms in total. The van der Waals surface area contributed by atoms with Crippen LogP contribution < -0.4 is 0 Å². The Balaban J connectivity index is 1.75. The number of hydrogen-bond acceptors (Lipinski definition) is 3. The Bertz CT molecular complexity index is 964. The molecule has 0 radical (unpaired) electrons. The number of nitrogens with zero attached hydrogens (tertiary/aromatic N) is 2. The van der Waals surface area contributed by atoms with Crippen molar-refractivity contribution in [2.24, 2.45) is 0 Å². The Morgan fingerprint density at radius 2 is 1.52 bits per heavy atom. The van der Waals surface area contributed by atoms with Crippen molar-refractivity contribution < 1.29 is 13.2 Å². The van der Waals surface area contributed by atoms with Crippen molar-refractivity contribution in [3.63, 3.8) is 0 Å². The van der Waals surface area contributed by atoms with E-state index < -0.39 is 10.0 Å². The van der Waals surface area contributed by atoms with Gasteiger partial charge in [0.2, 0.25) is 10.0 Å². The average Bonchev–Trinajstić information content (AvgIpc) is 2.62. The van der Waals surface area contributed by atoms with E-state index in [4.69, 9.17) is 23.2 Å². The minimum atomic E-state index is -3.59. The molecule has 8 heteroatoms. The summed E-state index contributed by atoms with van der Waals surface area (Å²) in [7, 11) is -3.59. The summed E-state index contributed by atoms with van der Waals surface area (Å²) in [5, 5.41) is 0.781. The summed E-state index contributed by atoms with van der Waals surface area (Å²) in [4.78, 5) is 14.6. The van der Waals surface area contributed by atoms with Crippen LogP contribution in [0.1, 0.15) is 21.5 Å². The van der Waals surface area contributed by atoms with Crippen LogP contribution in [-0.4, -0.2) is 49.7 Å². The second kappa shape index (κ2) is 7.80. The van der Waals surface area contributed by atoms with Gasteiger partial charge in [-0.3, -0.25) is 4.79 Å². The molecular weight excluding hydrogens is 407 g/mol. The normalized spacial score (nSPS) is 15.8. The van der Waals surface area contributed by atoms with Gasteiger partial charge in [-0.2, -0.15) is 4.31 Å². The van der Waals surface area contributed by atoms with Crippen molar-refractivity contribution in [3.8, 4) is 0 Å². The smallest absolute Gasteiger partial charge is 0.254 e. The van der Waals surface area contributed by atoms with Crippen LogP contribution in [0.3, 0.4) is 0 Å². The molecule has 1 aliphatic heterocycles. The molecule has 3 rings (SSSR count). The topological polar surface area (TPSA) is 57.7 Å². The van der Waals surface area contributed by atoms with Gasteiger partial charge in [0.25, 0.3) is 5.91 Å². The molecular formula is C19H20Cl2N2O3S. The molecule has 0 unspecified atom stereocenters. The maximum Gasteiger partial charge on any atom is 0.254 e. The maximum absolute atomic E-state index is 13.0. The molecule has 1 saturated heterocycles. The van der Waals surface area contributed by atoms with Crippen LogP contribution in [0, 0.1) is 13.8 Å². The molecule has 0 spiro atoms. The Hall–Kier alpha value is -1.60. The molecule has 0 atom stereocenters. The number of amides is 1. The second-order valence-corrected chi connectivity index (χ2v) is 9.40. The fraction of sp³-hybridized carbons (Fsp3) is 0.316. The number of carbonyl (C=O) groups excluding carboxylic acids is 1. The molecule has 0 bridgehead atoms. The summed E-state index contributed by atoms with van der Waals surface area (Å²) in [6.07, 6.45) is 0. The average molecular weight is 427 g/mol. The Morgan fingerprint density at radius 3 is 2.11 bits per heavy atom. The first-order valence-electron chi connectivity index (χ1n) is 8.51. The third-order valence-corrected chi connectivity index (χ3v) is 7.07. The number of carbonyl (C=O) groups is 1. The quantitative estimate of drug-likeness (QED) is 0.750. The third kappa shape index (κ3) is 4.29. The van der Waals surface area contributed by atoms with Gasteiger partial charge in [-0.05, 0) is 49.2 Å². The summed E-state index contributed by atoms with van der Waals surface area (Å²) < 4.78 is 27.4. The lowest BCUT2D eigenvalue weighted by Gasteiger charge is -2.34. The number of piperazine rings is 1. The van der Waals surface area contributed by atoms with E-state index in [9.17, 15) is 13.2 Å². The first-order valence-corrected chi connectivity index (χ1v) is 10.7. The second-order valence-electron chi connectivity index (χ2n) is 6.62. The highest BCUT2D eigenvalue weighted by Crippen LogP contribution is 2.24. The zero-order valence-electron chi connectivity index (χ0n) is 15.1. The summed E-state index contributed by atoms with van der Waals surface area (Å²) >= 11 is 11.9. The highest BCUT2D eigenvalue weighted by molar-refractivity contribution is 7.89. The van der Waals surface area contributed by atoms with E-state index >= 15 is 0 Å². The zero-order valence-corrected chi connectivity index (χ0v) is 17.4. The van der Waals surface area contributed by atoms with Crippen LogP contribution in [-0.2, 0) is 10.0 Å². The molecule has 0 aliphatic carbocycles. The number of halogens is 2. The highest BCUT2D eigenvalue weighted by atomic mass is 35.5. The number of aryl methyl sites for hydroxylation is 2. The largest absolute Gasteiger partial charge is 0.336 e. The van der Waals surface area contributed by atoms with Gasteiger partial charge < -0.3 is 4.90 Å². The Labute approximate surface area is 169 Å². The minimum Gasteiger partial charge on any atom is -0.336 e. The molecule has 27 heavy (non-hydrogen) atoms. The van der Waals surface area contributed by atoms with Gasteiger partial charge in [0.15, 0.2) is 0 Å². The molecule has 144 valence electrons. The van der Waals surface area contributed by atoms with Crippen molar-refractivity contribution in [2.75, 3.05) is 26.2 Å². The van der Waals surface area contributed by atoms with E-state index in [-0.39, 0.29) is 19.0 Å². The molecule has 0 aromatic heterocycles. The van der Waals surface area contributed by atoms with E-state index in [0.29, 0.717) is 39.2 Å². The van der Waals surface area contributed by atoms with Gasteiger partial charge >= 0.3 is 0 Å². The predicted molar refractivity (Wildman–Crippen MR) is 107 cm³/mol. The van der Waals surface area contributed by atoms with Crippen LogP contribution in [0.5, 0.6) is 0 Å². The van der Waals surface area contributed by atoms with Crippen LogP contribution in [0.4, 0.5) is 0 Å². The molecule has 2 aromatic carbocycles. The zero-order chi connectivity index (χ0) is 19.8. The van der Waals surface area contributed by atoms with Crippen LogP contribution in [0.2, 0.25) is 10.0 Å². The molecule has 1 aliphatic rings. The van der Waals surface area contributed by atoms with E-state index in [0.717, 1.165) is 5.56 Å². The lowest BCUT2D eigenvalue weighted by molar-refractivity contribution is 0.0698. The van der Waals surface area contributed by atoms with Crippen molar-refractivity contribution >= 4 is 39.1 Å². The molecule has 1 fully saturated rings. The van der Waals surface area contributed by atoms with Crippen molar-refractivity contribution in [3.05, 3.63) is 63.1 Å². The number of rotatable bonds is 3. The summed E-state index contributed by atoms with van der Waals surface area (Å²) in [6, 6.07) is 10.1. The summed E-state index contributed by atoms with van der Waals surface area (Å²) in [5.41, 5.74) is 2.01. The van der Waals surface area contributed by atoms with Gasteiger partial charge in [0, 0.05) is 41.8 Å². The monoisotopic (exact) mass is 426 g/mol. The van der Waals surface area contributed by atoms with E-state index in [1.165, 1.54) is 4.31 Å². The van der Waals surface area contributed by atoms with Crippen molar-refractivity contribution in [2.45, 2.75) is 18.7 Å². The Morgan fingerprint density at radius 1 is 0.926 bits per heavy atom. The van der Waals surface area contributed by atoms with Crippen LogP contribution in [0.25, 0.3) is 0 Å². The van der Waals surface area contributed by atoms with Gasteiger partial charge in [0.05, 0.1) is 4.90 Å². The van der Waals surface area contributed by atoms with Crippen molar-refractivity contribution in [1.29, 1.82) is 0 Å². The lowest BCUT2D eigenvalue weighted by Crippen LogP contribution is -2.50. The fourth-order valence-electron chi connectivity index (χ4n) is 3.12. The van der Waals surface area contributed by atoms with Crippen LogP contribution >= 0.6 is 23.2 Å². The molecule has 1 heterocycles. The molecule has 1 amide bonds. The van der Waals surface area contributed by atoms with Gasteiger partial charge in [-0.15, -0.1) is 0 Å². The minimum absolute atomic E-state index is 0.205. The summed E-state index contributed by atoms with van der Waals surface area (Å²) in [6.45, 7) is 4.77. The van der Waals surface area contributed by atoms with Crippen LogP contribution in [0.15, 0.2) is 41.3 Å². The molecule has 2 aromatic rings.